The molecule has 3 nitrogen and oxygen atoms in total. The van der Waals surface area contributed by atoms with Crippen LogP contribution in [0.4, 0.5) is 10.2 Å². The first-order valence-corrected chi connectivity index (χ1v) is 5.87. The highest BCUT2D eigenvalue weighted by Gasteiger charge is 2.06. The zero-order chi connectivity index (χ0) is 12.3. The van der Waals surface area contributed by atoms with E-state index in [1.165, 1.54) is 12.1 Å². The third-order valence-corrected chi connectivity index (χ3v) is 3.10. The van der Waals surface area contributed by atoms with Crippen LogP contribution < -0.4 is 4.90 Å². The third kappa shape index (κ3) is 3.00. The fourth-order valence-electron chi connectivity index (χ4n) is 1.47. The molecule has 17 heavy (non-hydrogen) atoms. The number of rotatable bonds is 3. The minimum absolute atomic E-state index is 0.247. The monoisotopic (exact) mass is 295 g/mol. The Morgan fingerprint density at radius 1 is 1.35 bits per heavy atom. The first kappa shape index (κ1) is 12.0. The molecule has 0 bridgehead atoms. The van der Waals surface area contributed by atoms with Gasteiger partial charge in [0.2, 0.25) is 0 Å². The summed E-state index contributed by atoms with van der Waals surface area (Å²) in [5.41, 5.74) is 1.000. The van der Waals surface area contributed by atoms with Gasteiger partial charge in [0.15, 0.2) is 0 Å². The van der Waals surface area contributed by atoms with Crippen molar-refractivity contribution in [2.24, 2.45) is 0 Å². The van der Waals surface area contributed by atoms with Gasteiger partial charge in [0, 0.05) is 30.5 Å². The van der Waals surface area contributed by atoms with Gasteiger partial charge in [0.1, 0.15) is 11.6 Å². The maximum Gasteiger partial charge on any atom is 0.147 e. The van der Waals surface area contributed by atoms with Gasteiger partial charge in [-0.2, -0.15) is 0 Å². The second kappa shape index (κ2) is 5.23. The van der Waals surface area contributed by atoms with E-state index in [4.69, 9.17) is 0 Å². The van der Waals surface area contributed by atoms with Crippen molar-refractivity contribution < 1.29 is 4.39 Å². The van der Waals surface area contributed by atoms with Crippen LogP contribution >= 0.6 is 15.9 Å². The van der Waals surface area contributed by atoms with Gasteiger partial charge in [-0.3, -0.25) is 4.98 Å². The van der Waals surface area contributed by atoms with Gasteiger partial charge in [0.05, 0.1) is 6.20 Å². The van der Waals surface area contributed by atoms with Crippen molar-refractivity contribution in [3.63, 3.8) is 0 Å². The molecule has 2 aromatic rings. The Kier molecular flexibility index (Phi) is 3.68. The van der Waals surface area contributed by atoms with Gasteiger partial charge in [-0.15, -0.1) is 0 Å². The highest BCUT2D eigenvalue weighted by atomic mass is 79.9. The SMILES string of the molecule is CN(Cc1ccc(F)cc1Br)c1cnccn1. The molecule has 5 heteroatoms. The molecular formula is C12H11BrFN3. The van der Waals surface area contributed by atoms with Crippen molar-refractivity contribution in [3.8, 4) is 0 Å². The lowest BCUT2D eigenvalue weighted by Crippen LogP contribution is -2.18. The van der Waals surface area contributed by atoms with Crippen LogP contribution in [-0.2, 0) is 6.54 Å². The minimum atomic E-state index is -0.247. The Morgan fingerprint density at radius 3 is 2.82 bits per heavy atom. The average molecular weight is 296 g/mol. The molecule has 0 aliphatic carbocycles. The fourth-order valence-corrected chi connectivity index (χ4v) is 1.95. The largest absolute Gasteiger partial charge is 0.354 e. The number of benzene rings is 1. The third-order valence-electron chi connectivity index (χ3n) is 2.36. The normalized spacial score (nSPS) is 10.3. The zero-order valence-electron chi connectivity index (χ0n) is 9.27. The van der Waals surface area contributed by atoms with Crippen molar-refractivity contribution in [2.75, 3.05) is 11.9 Å². The Labute approximate surface area is 107 Å². The molecule has 1 aromatic carbocycles. The Balaban J connectivity index is 2.16. The molecule has 0 fully saturated rings. The lowest BCUT2D eigenvalue weighted by Gasteiger charge is -2.18. The van der Waals surface area contributed by atoms with E-state index in [0.29, 0.717) is 6.54 Å². The molecule has 1 aromatic heterocycles. The Hall–Kier alpha value is -1.49. The van der Waals surface area contributed by atoms with E-state index >= 15 is 0 Å². The molecule has 0 saturated carbocycles. The van der Waals surface area contributed by atoms with Gasteiger partial charge in [0.25, 0.3) is 0 Å². The summed E-state index contributed by atoms with van der Waals surface area (Å²) in [4.78, 5) is 10.2. The van der Waals surface area contributed by atoms with E-state index in [2.05, 4.69) is 25.9 Å². The van der Waals surface area contributed by atoms with Gasteiger partial charge < -0.3 is 4.90 Å². The van der Waals surface area contributed by atoms with Crippen LogP contribution in [0.1, 0.15) is 5.56 Å². The second-order valence-electron chi connectivity index (χ2n) is 3.66. The van der Waals surface area contributed by atoms with E-state index in [1.807, 2.05) is 11.9 Å². The van der Waals surface area contributed by atoms with Crippen LogP contribution in [0.5, 0.6) is 0 Å². The quantitative estimate of drug-likeness (QED) is 0.872. The molecule has 0 saturated heterocycles. The van der Waals surface area contributed by atoms with Crippen LogP contribution in [0, 0.1) is 5.82 Å². The predicted octanol–water partition coefficient (Wildman–Crippen LogP) is 3.01. The number of nitrogens with zero attached hydrogens (tertiary/aromatic N) is 3. The molecule has 0 atom stereocenters. The van der Waals surface area contributed by atoms with E-state index in [9.17, 15) is 4.39 Å². The summed E-state index contributed by atoms with van der Waals surface area (Å²) in [5.74, 6) is 0.534. The van der Waals surface area contributed by atoms with Crippen molar-refractivity contribution in [1.82, 2.24) is 9.97 Å². The van der Waals surface area contributed by atoms with Crippen molar-refractivity contribution in [2.45, 2.75) is 6.54 Å². The van der Waals surface area contributed by atoms with Crippen LogP contribution in [0.15, 0.2) is 41.3 Å². The summed E-state index contributed by atoms with van der Waals surface area (Å²) in [6.07, 6.45) is 4.97. The summed E-state index contributed by atoms with van der Waals surface area (Å²) >= 11 is 3.35. The summed E-state index contributed by atoms with van der Waals surface area (Å²) in [5, 5.41) is 0. The molecule has 0 unspecified atom stereocenters. The van der Waals surface area contributed by atoms with E-state index in [-0.39, 0.29) is 5.82 Å². The van der Waals surface area contributed by atoms with Gasteiger partial charge in [-0.1, -0.05) is 22.0 Å². The highest BCUT2D eigenvalue weighted by molar-refractivity contribution is 9.10. The van der Waals surface area contributed by atoms with Crippen LogP contribution in [-0.4, -0.2) is 17.0 Å². The van der Waals surface area contributed by atoms with Crippen molar-refractivity contribution in [3.05, 3.63) is 52.6 Å². The number of anilines is 1. The summed E-state index contributed by atoms with van der Waals surface area (Å²) in [7, 11) is 1.92. The lowest BCUT2D eigenvalue weighted by atomic mass is 10.2. The standard InChI is InChI=1S/C12H11BrFN3/c1-17(12-7-15-4-5-16-12)8-9-2-3-10(14)6-11(9)13/h2-7H,8H2,1H3. The molecule has 0 spiro atoms. The summed E-state index contributed by atoms with van der Waals surface area (Å²) < 4.78 is 13.7. The molecular weight excluding hydrogens is 285 g/mol. The molecule has 0 aliphatic heterocycles. The first-order chi connectivity index (χ1) is 8.16. The molecule has 0 amide bonds. The fraction of sp³-hybridized carbons (Fsp3) is 0.167. The number of hydrogen-bond donors (Lipinski definition) is 0. The molecule has 2 rings (SSSR count). The predicted molar refractivity (Wildman–Crippen MR) is 68.2 cm³/mol. The first-order valence-electron chi connectivity index (χ1n) is 5.08. The molecule has 0 radical (unpaired) electrons. The Bertz CT molecular complexity index is 504. The average Bonchev–Trinajstić information content (AvgIpc) is 2.34. The number of aromatic nitrogens is 2. The highest BCUT2D eigenvalue weighted by Crippen LogP contribution is 2.20. The summed E-state index contributed by atoms with van der Waals surface area (Å²) in [6.45, 7) is 0.638. The van der Waals surface area contributed by atoms with Gasteiger partial charge in [-0.05, 0) is 17.7 Å². The maximum atomic E-state index is 12.9. The van der Waals surface area contributed by atoms with Crippen molar-refractivity contribution in [1.29, 1.82) is 0 Å². The van der Waals surface area contributed by atoms with E-state index in [0.717, 1.165) is 15.9 Å². The zero-order valence-corrected chi connectivity index (χ0v) is 10.9. The topological polar surface area (TPSA) is 29.0 Å². The maximum absolute atomic E-state index is 12.9. The minimum Gasteiger partial charge on any atom is -0.354 e. The van der Waals surface area contributed by atoms with Crippen molar-refractivity contribution >= 4 is 21.7 Å². The molecule has 0 aliphatic rings. The van der Waals surface area contributed by atoms with E-state index in [1.54, 1.807) is 24.7 Å². The molecule has 0 N–H and O–H groups in total. The molecule has 88 valence electrons. The van der Waals surface area contributed by atoms with Crippen LogP contribution in [0.25, 0.3) is 0 Å². The van der Waals surface area contributed by atoms with Crippen LogP contribution in [0.3, 0.4) is 0 Å². The lowest BCUT2D eigenvalue weighted by molar-refractivity contribution is 0.625. The number of hydrogen-bond acceptors (Lipinski definition) is 3. The molecule has 1 heterocycles. The summed E-state index contributed by atoms with van der Waals surface area (Å²) in [6, 6.07) is 4.66. The Morgan fingerprint density at radius 2 is 2.18 bits per heavy atom. The smallest absolute Gasteiger partial charge is 0.147 e. The van der Waals surface area contributed by atoms with Gasteiger partial charge in [-0.25, -0.2) is 9.37 Å². The second-order valence-corrected chi connectivity index (χ2v) is 4.51. The van der Waals surface area contributed by atoms with Crippen LogP contribution in [0.2, 0.25) is 0 Å². The van der Waals surface area contributed by atoms with E-state index < -0.39 is 0 Å². The van der Waals surface area contributed by atoms with Gasteiger partial charge >= 0.3 is 0 Å². The number of halogens is 2.